The van der Waals surface area contributed by atoms with Crippen LogP contribution >= 0.6 is 27.3 Å². The summed E-state index contributed by atoms with van der Waals surface area (Å²) in [6.45, 7) is 2.44. The number of aryl methyl sites for hydroxylation is 1. The summed E-state index contributed by atoms with van der Waals surface area (Å²) in [5.41, 5.74) is 0.591. The Kier molecular flexibility index (Phi) is 3.86. The van der Waals surface area contributed by atoms with Gasteiger partial charge in [-0.2, -0.15) is 0 Å². The molecule has 0 saturated heterocycles. The molecule has 0 aliphatic rings. The van der Waals surface area contributed by atoms with Crippen molar-refractivity contribution < 1.29 is 4.79 Å². The lowest BCUT2D eigenvalue weighted by atomic mass is 10.2. The van der Waals surface area contributed by atoms with Crippen LogP contribution < -0.4 is 5.32 Å². The third-order valence-corrected chi connectivity index (χ3v) is 3.43. The smallest absolute Gasteiger partial charge is 0.251 e. The Labute approximate surface area is 111 Å². The van der Waals surface area contributed by atoms with Gasteiger partial charge in [0.2, 0.25) is 0 Å². The molecule has 0 aliphatic heterocycles. The molecule has 4 nitrogen and oxygen atoms in total. The van der Waals surface area contributed by atoms with E-state index in [1.807, 2.05) is 6.92 Å². The van der Waals surface area contributed by atoms with Crippen LogP contribution in [0.25, 0.3) is 0 Å². The van der Waals surface area contributed by atoms with Gasteiger partial charge < -0.3 is 5.32 Å². The van der Waals surface area contributed by atoms with E-state index in [0.29, 0.717) is 16.7 Å². The number of hydrogen-bond donors (Lipinski definition) is 1. The molecule has 0 unspecified atom stereocenters. The van der Waals surface area contributed by atoms with Gasteiger partial charge in [-0.25, -0.2) is 9.97 Å². The van der Waals surface area contributed by atoms with Gasteiger partial charge in [-0.3, -0.25) is 4.79 Å². The molecule has 2 aromatic rings. The lowest BCUT2D eigenvalue weighted by Gasteiger charge is -2.03. The summed E-state index contributed by atoms with van der Waals surface area (Å²) in [4.78, 5) is 21.0. The van der Waals surface area contributed by atoms with E-state index in [1.54, 1.807) is 35.9 Å². The summed E-state index contributed by atoms with van der Waals surface area (Å²) in [6.07, 6.45) is 3.37. The number of nitrogens with zero attached hydrogens (tertiary/aromatic N) is 2. The van der Waals surface area contributed by atoms with E-state index in [1.165, 1.54) is 0 Å². The monoisotopic (exact) mass is 311 g/mol. The maximum Gasteiger partial charge on any atom is 0.251 e. The number of hydrogen-bond acceptors (Lipinski definition) is 4. The van der Waals surface area contributed by atoms with Crippen molar-refractivity contribution in [3.05, 3.63) is 44.6 Å². The van der Waals surface area contributed by atoms with Gasteiger partial charge in [0.05, 0.1) is 11.6 Å². The van der Waals surface area contributed by atoms with Crippen molar-refractivity contribution in [1.29, 1.82) is 0 Å². The number of rotatable bonds is 3. The highest BCUT2D eigenvalue weighted by atomic mass is 79.9. The van der Waals surface area contributed by atoms with Crippen molar-refractivity contribution in [3.63, 3.8) is 0 Å². The van der Waals surface area contributed by atoms with Crippen molar-refractivity contribution in [2.45, 2.75) is 13.5 Å². The number of carbonyl (C=O) groups excluding carboxylic acids is 1. The van der Waals surface area contributed by atoms with E-state index < -0.39 is 0 Å². The highest BCUT2D eigenvalue weighted by Crippen LogP contribution is 2.12. The third-order valence-electron chi connectivity index (χ3n) is 2.08. The number of thiazole rings is 1. The second kappa shape index (κ2) is 5.37. The molecule has 1 amide bonds. The van der Waals surface area contributed by atoms with Crippen LogP contribution in [-0.2, 0) is 6.54 Å². The highest BCUT2D eigenvalue weighted by Gasteiger charge is 2.06. The summed E-state index contributed by atoms with van der Waals surface area (Å²) in [6, 6.07) is 3.37. The van der Waals surface area contributed by atoms with E-state index in [9.17, 15) is 4.79 Å². The molecule has 2 rings (SSSR count). The summed E-state index contributed by atoms with van der Waals surface area (Å²) < 4.78 is 0.652. The predicted molar refractivity (Wildman–Crippen MR) is 70.0 cm³/mol. The standard InChI is InChI=1S/C11H10BrN3OS/c1-7-14-5-9(17-7)6-15-11(16)8-2-3-13-10(12)4-8/h2-5H,6H2,1H3,(H,15,16). The molecule has 0 bridgehead atoms. The zero-order chi connectivity index (χ0) is 12.3. The van der Waals surface area contributed by atoms with Crippen LogP contribution in [0.1, 0.15) is 20.2 Å². The number of pyridine rings is 1. The topological polar surface area (TPSA) is 54.9 Å². The van der Waals surface area contributed by atoms with E-state index in [-0.39, 0.29) is 5.91 Å². The zero-order valence-electron chi connectivity index (χ0n) is 9.11. The lowest BCUT2D eigenvalue weighted by molar-refractivity contribution is 0.0951. The summed E-state index contributed by atoms with van der Waals surface area (Å²) in [5, 5.41) is 3.84. The quantitative estimate of drug-likeness (QED) is 0.886. The molecule has 0 spiro atoms. The van der Waals surface area contributed by atoms with Gasteiger partial charge in [-0.1, -0.05) is 0 Å². The van der Waals surface area contributed by atoms with Crippen molar-refractivity contribution in [2.75, 3.05) is 0 Å². The molecule has 0 atom stereocenters. The number of nitrogens with one attached hydrogen (secondary N) is 1. The van der Waals surface area contributed by atoms with Gasteiger partial charge in [0.25, 0.3) is 5.91 Å². The molecule has 88 valence electrons. The minimum Gasteiger partial charge on any atom is -0.347 e. The molecule has 6 heteroatoms. The molecular weight excluding hydrogens is 302 g/mol. The SMILES string of the molecule is Cc1ncc(CNC(=O)c2ccnc(Br)c2)s1. The average Bonchev–Trinajstić information content (AvgIpc) is 2.72. The van der Waals surface area contributed by atoms with Crippen LogP contribution in [0.15, 0.2) is 29.1 Å². The number of amides is 1. The largest absolute Gasteiger partial charge is 0.347 e. The number of halogens is 1. The molecule has 0 radical (unpaired) electrons. The molecule has 2 aromatic heterocycles. The Morgan fingerprint density at radius 2 is 2.35 bits per heavy atom. The van der Waals surface area contributed by atoms with Crippen LogP contribution in [0.5, 0.6) is 0 Å². The Balaban J connectivity index is 1.98. The summed E-state index contributed by atoms with van der Waals surface area (Å²) in [7, 11) is 0. The maximum absolute atomic E-state index is 11.8. The Bertz CT molecular complexity index is 541. The van der Waals surface area contributed by atoms with Gasteiger partial charge in [-0.05, 0) is 35.0 Å². The van der Waals surface area contributed by atoms with Gasteiger partial charge in [-0.15, -0.1) is 11.3 Å². The van der Waals surface area contributed by atoms with Gasteiger partial charge >= 0.3 is 0 Å². The summed E-state index contributed by atoms with van der Waals surface area (Å²) >= 11 is 4.81. The second-order valence-electron chi connectivity index (χ2n) is 3.40. The molecule has 17 heavy (non-hydrogen) atoms. The normalized spacial score (nSPS) is 10.2. The van der Waals surface area contributed by atoms with Crippen LogP contribution in [0.2, 0.25) is 0 Å². The van der Waals surface area contributed by atoms with Crippen molar-refractivity contribution in [2.24, 2.45) is 0 Å². The average molecular weight is 312 g/mol. The van der Waals surface area contributed by atoms with Crippen LogP contribution in [0, 0.1) is 6.92 Å². The molecule has 0 aromatic carbocycles. The van der Waals surface area contributed by atoms with Gasteiger partial charge in [0, 0.05) is 22.8 Å². The van der Waals surface area contributed by atoms with Crippen LogP contribution in [0.3, 0.4) is 0 Å². The highest BCUT2D eigenvalue weighted by molar-refractivity contribution is 9.10. The first-order valence-electron chi connectivity index (χ1n) is 4.96. The lowest BCUT2D eigenvalue weighted by Crippen LogP contribution is -2.22. The maximum atomic E-state index is 11.8. The zero-order valence-corrected chi connectivity index (χ0v) is 11.5. The third kappa shape index (κ3) is 3.34. The predicted octanol–water partition coefficient (Wildman–Crippen LogP) is 2.54. The first kappa shape index (κ1) is 12.2. The number of carbonyl (C=O) groups is 1. The molecule has 0 aliphatic carbocycles. The van der Waals surface area contributed by atoms with Crippen LogP contribution in [-0.4, -0.2) is 15.9 Å². The van der Waals surface area contributed by atoms with Crippen molar-refractivity contribution >= 4 is 33.2 Å². The van der Waals surface area contributed by atoms with E-state index in [2.05, 4.69) is 31.2 Å². The first-order chi connectivity index (χ1) is 8.15. The minimum absolute atomic E-state index is 0.112. The Morgan fingerprint density at radius 1 is 1.53 bits per heavy atom. The molecular formula is C11H10BrN3OS. The number of aromatic nitrogens is 2. The molecule has 0 fully saturated rings. The fraction of sp³-hybridized carbons (Fsp3) is 0.182. The minimum atomic E-state index is -0.112. The fourth-order valence-corrected chi connectivity index (χ4v) is 2.40. The van der Waals surface area contributed by atoms with Crippen molar-refractivity contribution in [3.8, 4) is 0 Å². The Morgan fingerprint density at radius 3 is 3.00 bits per heavy atom. The second-order valence-corrected chi connectivity index (χ2v) is 5.53. The summed E-state index contributed by atoms with van der Waals surface area (Å²) in [5.74, 6) is -0.112. The van der Waals surface area contributed by atoms with Crippen LogP contribution in [0.4, 0.5) is 0 Å². The fourth-order valence-electron chi connectivity index (χ4n) is 1.30. The molecule has 2 heterocycles. The van der Waals surface area contributed by atoms with Crippen molar-refractivity contribution in [1.82, 2.24) is 15.3 Å². The van der Waals surface area contributed by atoms with Gasteiger partial charge in [0.1, 0.15) is 4.60 Å². The van der Waals surface area contributed by atoms with E-state index in [0.717, 1.165) is 9.88 Å². The molecule has 1 N–H and O–H groups in total. The first-order valence-corrected chi connectivity index (χ1v) is 6.57. The van der Waals surface area contributed by atoms with E-state index in [4.69, 9.17) is 0 Å². The Hall–Kier alpha value is -1.27. The molecule has 0 saturated carbocycles. The van der Waals surface area contributed by atoms with E-state index >= 15 is 0 Å². The van der Waals surface area contributed by atoms with Gasteiger partial charge in [0.15, 0.2) is 0 Å².